The number of aromatic hydroxyl groups is 1. The average molecular weight is 685 g/mol. The van der Waals surface area contributed by atoms with Gasteiger partial charge >= 0.3 is 0 Å². The number of allylic oxidation sites excluding steroid dienone is 1. The predicted molar refractivity (Wildman–Crippen MR) is 192 cm³/mol. The first-order valence-electron chi connectivity index (χ1n) is 14.7. The van der Waals surface area contributed by atoms with Gasteiger partial charge in [0.2, 0.25) is 0 Å². The highest BCUT2D eigenvalue weighted by atomic mass is 32.2. The molecule has 0 bridgehead atoms. The van der Waals surface area contributed by atoms with Crippen molar-refractivity contribution in [3.8, 4) is 16.3 Å². The Kier molecular flexibility index (Phi) is 6.03. The molecule has 0 aliphatic carbocycles. The first-order chi connectivity index (χ1) is 23.2. The number of para-hydroxylation sites is 1. The fourth-order valence-electron chi connectivity index (χ4n) is 6.17. The number of anilines is 2. The van der Waals surface area contributed by atoms with Gasteiger partial charge in [0.05, 0.1) is 44.3 Å². The molecule has 3 aliphatic heterocycles. The van der Waals surface area contributed by atoms with E-state index in [1.165, 1.54) is 23.7 Å². The number of phenols is 1. The van der Waals surface area contributed by atoms with Gasteiger partial charge in [0.15, 0.2) is 0 Å². The van der Waals surface area contributed by atoms with Gasteiger partial charge in [-0.05, 0) is 83.4 Å². The molecule has 13 heteroatoms. The Morgan fingerprint density at radius 2 is 1.83 bits per heavy atom. The maximum Gasteiger partial charge on any atom is 0.141 e. The van der Waals surface area contributed by atoms with Crippen molar-refractivity contribution < 1.29 is 5.11 Å². The second kappa shape index (κ2) is 10.5. The van der Waals surface area contributed by atoms with Crippen molar-refractivity contribution in [1.82, 2.24) is 33.6 Å². The zero-order chi connectivity index (χ0) is 31.1. The average Bonchev–Trinajstić information content (AvgIpc) is 3.93. The zero-order valence-corrected chi connectivity index (χ0v) is 27.4. The topological polar surface area (TPSA) is 103 Å². The van der Waals surface area contributed by atoms with Gasteiger partial charge < -0.3 is 14.7 Å². The molecule has 0 spiro atoms. The van der Waals surface area contributed by atoms with E-state index in [4.69, 9.17) is 9.97 Å². The third-order valence-electron chi connectivity index (χ3n) is 8.42. The van der Waals surface area contributed by atoms with Gasteiger partial charge in [-0.1, -0.05) is 40.1 Å². The normalized spacial score (nSPS) is 17.1. The van der Waals surface area contributed by atoms with Gasteiger partial charge in [-0.15, -0.1) is 16.4 Å². The number of rotatable bonds is 4. The van der Waals surface area contributed by atoms with Crippen molar-refractivity contribution in [3.63, 3.8) is 0 Å². The lowest BCUT2D eigenvalue weighted by molar-refractivity contribution is 0.480. The Morgan fingerprint density at radius 1 is 0.915 bits per heavy atom. The molecule has 0 saturated heterocycles. The van der Waals surface area contributed by atoms with Crippen LogP contribution in [0.25, 0.3) is 47.5 Å². The van der Waals surface area contributed by atoms with Crippen LogP contribution in [-0.2, 0) is 0 Å². The van der Waals surface area contributed by atoms with E-state index in [0.29, 0.717) is 5.52 Å². The first kappa shape index (κ1) is 27.1. The molecule has 4 aromatic heterocycles. The van der Waals surface area contributed by atoms with Crippen molar-refractivity contribution in [2.45, 2.75) is 6.04 Å². The highest BCUT2D eigenvalue weighted by Gasteiger charge is 2.36. The van der Waals surface area contributed by atoms with Crippen molar-refractivity contribution in [2.75, 3.05) is 4.90 Å². The van der Waals surface area contributed by atoms with Crippen molar-refractivity contribution in [2.24, 2.45) is 0 Å². The fourth-order valence-corrected chi connectivity index (χ4v) is 9.11. The quantitative estimate of drug-likeness (QED) is 0.176. The number of phenolic OH excluding ortho intramolecular Hbond substituents is 1. The lowest BCUT2D eigenvalue weighted by atomic mass is 9.91. The standard InChI is InChI=1S/C34H20N8OS4/c43-27-3-1-2-18-6-9-30(37-31(18)27)42-26(20-10-11-41-22(12-20)16-36-47-41)15-23(19-4-7-28-24(13-19)35-17-44-28)32-34(42)45-33(38-32)21-5-8-29-25(14-21)39-40-46-29/h1-17,26,36,43H. The van der Waals surface area contributed by atoms with E-state index in [2.05, 4.69) is 89.3 Å². The Balaban J connectivity index is 1.23. The molecule has 2 N–H and O–H groups in total. The zero-order valence-electron chi connectivity index (χ0n) is 24.1. The van der Waals surface area contributed by atoms with Crippen LogP contribution in [0.2, 0.25) is 0 Å². The molecule has 47 heavy (non-hydrogen) atoms. The van der Waals surface area contributed by atoms with Crippen molar-refractivity contribution >= 4 is 94.1 Å². The minimum atomic E-state index is -0.233. The number of fused-ring (bicyclic) bond motifs is 5. The van der Waals surface area contributed by atoms with Gasteiger partial charge in [0.1, 0.15) is 38.3 Å². The van der Waals surface area contributed by atoms with Crippen LogP contribution in [0.5, 0.6) is 5.75 Å². The van der Waals surface area contributed by atoms with E-state index in [9.17, 15) is 5.11 Å². The molecule has 0 fully saturated rings. The molecule has 0 radical (unpaired) electrons. The van der Waals surface area contributed by atoms with E-state index in [1.807, 2.05) is 36.0 Å². The first-order valence-corrected chi connectivity index (χ1v) is 17.9. The molecule has 3 aromatic carbocycles. The fraction of sp³-hybridized carbons (Fsp3) is 0.0294. The predicted octanol–water partition coefficient (Wildman–Crippen LogP) is 8.39. The van der Waals surface area contributed by atoms with Crippen LogP contribution in [0.1, 0.15) is 11.3 Å². The third kappa shape index (κ3) is 4.38. The minimum Gasteiger partial charge on any atom is -0.506 e. The number of nitrogens with one attached hydrogen (secondary N) is 1. The summed E-state index contributed by atoms with van der Waals surface area (Å²) in [6, 6.07) is 21.9. The molecule has 10 rings (SSSR count). The van der Waals surface area contributed by atoms with Crippen LogP contribution in [0, 0.1) is 0 Å². The summed E-state index contributed by atoms with van der Waals surface area (Å²) < 4.78 is 11.7. The lowest BCUT2D eigenvalue weighted by Gasteiger charge is -2.36. The summed E-state index contributed by atoms with van der Waals surface area (Å²) in [6.07, 6.45) is 10.7. The number of nitrogens with zero attached hydrogens (tertiary/aromatic N) is 7. The molecule has 3 aliphatic rings. The van der Waals surface area contributed by atoms with Crippen molar-refractivity contribution in [3.05, 3.63) is 125 Å². The summed E-state index contributed by atoms with van der Waals surface area (Å²) in [5, 5.41) is 17.9. The second-order valence-corrected chi connectivity index (χ2v) is 14.6. The number of thiazole rings is 2. The van der Waals surface area contributed by atoms with E-state index < -0.39 is 0 Å². The van der Waals surface area contributed by atoms with Gasteiger partial charge in [0.25, 0.3) is 0 Å². The highest BCUT2D eigenvalue weighted by Crippen LogP contribution is 2.49. The van der Waals surface area contributed by atoms with Gasteiger partial charge in [-0.2, -0.15) is 0 Å². The number of hydrogen-bond acceptors (Lipinski definition) is 13. The maximum atomic E-state index is 10.8. The maximum absolute atomic E-state index is 10.8. The molecule has 1 unspecified atom stereocenters. The monoisotopic (exact) mass is 684 g/mol. The Hall–Kier alpha value is -5.08. The van der Waals surface area contributed by atoms with Gasteiger partial charge in [-0.25, -0.2) is 15.0 Å². The van der Waals surface area contributed by atoms with Crippen LogP contribution in [0.15, 0.2) is 114 Å². The second-order valence-electron chi connectivity index (χ2n) is 11.1. The van der Waals surface area contributed by atoms with E-state index in [1.54, 1.807) is 28.7 Å². The van der Waals surface area contributed by atoms with E-state index in [0.717, 1.165) is 75.3 Å². The Bertz CT molecular complexity index is 2540. The van der Waals surface area contributed by atoms with Crippen LogP contribution >= 0.6 is 46.3 Å². The molecule has 7 aromatic rings. The molecule has 9 nitrogen and oxygen atoms in total. The summed E-state index contributed by atoms with van der Waals surface area (Å²) in [6.45, 7) is 0. The summed E-state index contributed by atoms with van der Waals surface area (Å²) in [5.41, 5.74) is 10.3. The van der Waals surface area contributed by atoms with Crippen LogP contribution in [0.3, 0.4) is 0 Å². The van der Waals surface area contributed by atoms with Crippen LogP contribution in [0.4, 0.5) is 10.8 Å². The number of pyridine rings is 1. The van der Waals surface area contributed by atoms with E-state index >= 15 is 0 Å². The largest absolute Gasteiger partial charge is 0.506 e. The Morgan fingerprint density at radius 3 is 2.81 bits per heavy atom. The van der Waals surface area contributed by atoms with E-state index in [-0.39, 0.29) is 11.8 Å². The molecule has 7 heterocycles. The summed E-state index contributed by atoms with van der Waals surface area (Å²) >= 11 is 6.18. The minimum absolute atomic E-state index is 0.146. The molecule has 0 amide bonds. The summed E-state index contributed by atoms with van der Waals surface area (Å²) in [5.74, 6) is 0.863. The van der Waals surface area contributed by atoms with Crippen LogP contribution < -0.4 is 9.62 Å². The molecule has 1 atom stereocenters. The van der Waals surface area contributed by atoms with Gasteiger partial charge in [-0.3, -0.25) is 4.31 Å². The Labute approximate surface area is 284 Å². The van der Waals surface area contributed by atoms with Crippen molar-refractivity contribution in [1.29, 1.82) is 0 Å². The molecule has 0 saturated carbocycles. The number of hydrogen-bond donors (Lipinski definition) is 2. The lowest BCUT2D eigenvalue weighted by Crippen LogP contribution is -2.35. The van der Waals surface area contributed by atoms with Gasteiger partial charge in [0, 0.05) is 28.9 Å². The van der Waals surface area contributed by atoms with Crippen LogP contribution in [-0.4, -0.2) is 40.0 Å². The molecule has 226 valence electrons. The molecular formula is C34H20N8OS4. The summed E-state index contributed by atoms with van der Waals surface area (Å²) in [7, 11) is 0. The number of benzene rings is 3. The summed E-state index contributed by atoms with van der Waals surface area (Å²) in [4.78, 5) is 17.3. The number of aromatic nitrogens is 5. The smallest absolute Gasteiger partial charge is 0.141 e. The SMILES string of the molecule is Oc1cccc2ccc(N3c4sc(-c5ccc6snnc6c5)nc4C(c4ccc5scnc5c4)=CC3C3=CC4=CNSN4C=C3)nc12. The third-order valence-corrected chi connectivity index (χ3v) is 11.8. The molecular weight excluding hydrogens is 665 g/mol. The highest BCUT2D eigenvalue weighted by molar-refractivity contribution is 7.95.